The minimum Gasteiger partial charge on any atom is -0.268 e. The molecule has 0 N–H and O–H groups in total. The van der Waals surface area contributed by atoms with Crippen LogP contribution in [-0.2, 0) is 10.2 Å². The zero-order valence-electron chi connectivity index (χ0n) is 15.8. The van der Waals surface area contributed by atoms with Crippen molar-refractivity contribution in [1.82, 2.24) is 0 Å². The van der Waals surface area contributed by atoms with Crippen LogP contribution in [-0.4, -0.2) is 10.2 Å². The highest BCUT2D eigenvalue weighted by molar-refractivity contribution is 8.27. The average Bonchev–Trinajstić information content (AvgIpc) is 2.82. The van der Waals surface area contributed by atoms with Gasteiger partial charge in [0.05, 0.1) is 10.6 Å². The monoisotopic (exact) mass is 381 g/mol. The van der Waals surface area contributed by atoms with Crippen LogP contribution in [0.1, 0.15) is 43.0 Å². The molecule has 1 amide bonds. The summed E-state index contributed by atoms with van der Waals surface area (Å²) in [5.41, 5.74) is 5.50. The SMILES string of the molecule is Cc1ccc(N2C(=O)C(=Cc3ccc(C(C)(C)C)cc3)SC2=S)c(C)c1. The van der Waals surface area contributed by atoms with Gasteiger partial charge in [0.1, 0.15) is 0 Å². The van der Waals surface area contributed by atoms with E-state index in [1.54, 1.807) is 4.90 Å². The lowest BCUT2D eigenvalue weighted by molar-refractivity contribution is -0.113. The topological polar surface area (TPSA) is 20.3 Å². The Kier molecular flexibility index (Phi) is 5.09. The minimum atomic E-state index is -0.0492. The Morgan fingerprint density at radius 1 is 1.04 bits per heavy atom. The molecule has 4 heteroatoms. The van der Waals surface area contributed by atoms with Crippen molar-refractivity contribution in [1.29, 1.82) is 0 Å². The molecule has 0 bridgehead atoms. The number of carbonyl (C=O) groups is 1. The Hall–Kier alpha value is -1.91. The molecule has 2 nitrogen and oxygen atoms in total. The minimum absolute atomic E-state index is 0.0492. The van der Waals surface area contributed by atoms with Crippen molar-refractivity contribution in [2.24, 2.45) is 0 Å². The van der Waals surface area contributed by atoms with Crippen LogP contribution in [0.3, 0.4) is 0 Å². The molecule has 1 aliphatic heterocycles. The molecule has 1 saturated heterocycles. The average molecular weight is 382 g/mol. The van der Waals surface area contributed by atoms with Gasteiger partial charge in [0.2, 0.25) is 0 Å². The maximum Gasteiger partial charge on any atom is 0.270 e. The summed E-state index contributed by atoms with van der Waals surface area (Å²) in [5.74, 6) is -0.0492. The van der Waals surface area contributed by atoms with E-state index in [0.29, 0.717) is 9.23 Å². The van der Waals surface area contributed by atoms with E-state index < -0.39 is 0 Å². The van der Waals surface area contributed by atoms with Crippen LogP contribution >= 0.6 is 24.0 Å². The summed E-state index contributed by atoms with van der Waals surface area (Å²) in [7, 11) is 0. The summed E-state index contributed by atoms with van der Waals surface area (Å²) >= 11 is 6.85. The Morgan fingerprint density at radius 2 is 1.69 bits per heavy atom. The Morgan fingerprint density at radius 3 is 2.27 bits per heavy atom. The van der Waals surface area contributed by atoms with Crippen LogP contribution in [0, 0.1) is 13.8 Å². The van der Waals surface area contributed by atoms with Gasteiger partial charge in [-0.1, -0.05) is 86.7 Å². The van der Waals surface area contributed by atoms with Gasteiger partial charge in [-0.3, -0.25) is 9.69 Å². The zero-order valence-corrected chi connectivity index (χ0v) is 17.4. The second-order valence-corrected chi connectivity index (χ2v) is 9.35. The third-order valence-corrected chi connectivity index (χ3v) is 5.76. The third-order valence-electron chi connectivity index (χ3n) is 4.46. The largest absolute Gasteiger partial charge is 0.270 e. The number of amides is 1. The van der Waals surface area contributed by atoms with Crippen molar-refractivity contribution in [3.8, 4) is 0 Å². The van der Waals surface area contributed by atoms with Crippen molar-refractivity contribution >= 4 is 46.0 Å². The Balaban J connectivity index is 1.90. The fourth-order valence-corrected chi connectivity index (χ4v) is 4.25. The maximum absolute atomic E-state index is 12.9. The smallest absolute Gasteiger partial charge is 0.268 e. The molecule has 1 heterocycles. The molecule has 0 aliphatic carbocycles. The number of rotatable bonds is 2. The quantitative estimate of drug-likeness (QED) is 0.469. The van der Waals surface area contributed by atoms with E-state index in [1.807, 2.05) is 32.1 Å². The molecule has 1 fully saturated rings. The molecular formula is C22H23NOS2. The fraction of sp³-hybridized carbons (Fsp3) is 0.273. The highest BCUT2D eigenvalue weighted by Gasteiger charge is 2.34. The summed E-state index contributed by atoms with van der Waals surface area (Å²) in [4.78, 5) is 15.2. The first-order valence-corrected chi connectivity index (χ1v) is 9.85. The standard InChI is InChI=1S/C22H23NOS2/c1-14-6-11-18(15(2)12-14)23-20(24)19(26-21(23)25)13-16-7-9-17(10-8-16)22(3,4)5/h6-13H,1-5H3. The van der Waals surface area contributed by atoms with Crippen molar-refractivity contribution < 1.29 is 4.79 Å². The highest BCUT2D eigenvalue weighted by Crippen LogP contribution is 2.37. The van der Waals surface area contributed by atoms with Gasteiger partial charge in [-0.2, -0.15) is 0 Å². The van der Waals surface area contributed by atoms with Crippen LogP contribution in [0.5, 0.6) is 0 Å². The Labute approximate surface area is 165 Å². The van der Waals surface area contributed by atoms with Crippen LogP contribution in [0.25, 0.3) is 6.08 Å². The predicted octanol–water partition coefficient (Wildman–Crippen LogP) is 6.01. The summed E-state index contributed by atoms with van der Waals surface area (Å²) in [6.45, 7) is 10.6. The van der Waals surface area contributed by atoms with Crippen molar-refractivity contribution in [2.75, 3.05) is 4.90 Å². The van der Waals surface area contributed by atoms with Crippen LogP contribution in [0.4, 0.5) is 5.69 Å². The normalized spacial score (nSPS) is 16.7. The molecule has 0 radical (unpaired) electrons. The van der Waals surface area contributed by atoms with Crippen LogP contribution < -0.4 is 4.90 Å². The molecule has 0 aromatic heterocycles. The Bertz CT molecular complexity index is 905. The lowest BCUT2D eigenvalue weighted by atomic mass is 9.87. The third kappa shape index (κ3) is 3.76. The van der Waals surface area contributed by atoms with Crippen LogP contribution in [0.2, 0.25) is 0 Å². The molecule has 26 heavy (non-hydrogen) atoms. The van der Waals surface area contributed by atoms with E-state index >= 15 is 0 Å². The second-order valence-electron chi connectivity index (χ2n) is 7.68. The maximum atomic E-state index is 12.9. The van der Waals surface area contributed by atoms with Crippen molar-refractivity contribution in [3.63, 3.8) is 0 Å². The first-order valence-electron chi connectivity index (χ1n) is 8.62. The summed E-state index contributed by atoms with van der Waals surface area (Å²) in [5, 5.41) is 0. The zero-order chi connectivity index (χ0) is 19.1. The van der Waals surface area contributed by atoms with Crippen molar-refractivity contribution in [2.45, 2.75) is 40.0 Å². The summed E-state index contributed by atoms with van der Waals surface area (Å²) < 4.78 is 0.583. The van der Waals surface area contributed by atoms with E-state index in [-0.39, 0.29) is 11.3 Å². The van der Waals surface area contributed by atoms with E-state index in [9.17, 15) is 4.79 Å². The van der Waals surface area contributed by atoms with Gasteiger partial charge in [0.25, 0.3) is 5.91 Å². The molecule has 0 saturated carbocycles. The van der Waals surface area contributed by atoms with E-state index in [4.69, 9.17) is 12.2 Å². The molecule has 3 rings (SSSR count). The molecule has 0 spiro atoms. The molecule has 1 aliphatic rings. The summed E-state index contributed by atoms with van der Waals surface area (Å²) in [6, 6.07) is 14.4. The number of aryl methyl sites for hydroxylation is 2. The lowest BCUT2D eigenvalue weighted by Crippen LogP contribution is -2.28. The van der Waals surface area contributed by atoms with Gasteiger partial charge in [-0.15, -0.1) is 0 Å². The van der Waals surface area contributed by atoms with E-state index in [2.05, 4.69) is 51.1 Å². The van der Waals surface area contributed by atoms with Gasteiger partial charge in [0, 0.05) is 0 Å². The number of nitrogens with zero attached hydrogens (tertiary/aromatic N) is 1. The van der Waals surface area contributed by atoms with Crippen molar-refractivity contribution in [3.05, 3.63) is 69.6 Å². The number of thiocarbonyl (C=S) groups is 1. The lowest BCUT2D eigenvalue weighted by Gasteiger charge is -2.18. The molecule has 0 atom stereocenters. The molecule has 2 aromatic rings. The second kappa shape index (κ2) is 7.01. The molecular weight excluding hydrogens is 358 g/mol. The van der Waals surface area contributed by atoms with Gasteiger partial charge in [-0.05, 0) is 48.1 Å². The summed E-state index contributed by atoms with van der Waals surface area (Å²) in [6.07, 6.45) is 1.93. The van der Waals surface area contributed by atoms with Crippen LogP contribution in [0.15, 0.2) is 47.4 Å². The number of benzene rings is 2. The van der Waals surface area contributed by atoms with Gasteiger partial charge >= 0.3 is 0 Å². The van der Waals surface area contributed by atoms with Gasteiger partial charge in [-0.25, -0.2) is 0 Å². The number of thioether (sulfide) groups is 1. The number of anilines is 1. The molecule has 134 valence electrons. The molecule has 2 aromatic carbocycles. The van der Waals surface area contributed by atoms with E-state index in [0.717, 1.165) is 16.8 Å². The molecule has 0 unspecified atom stereocenters. The number of hydrogen-bond acceptors (Lipinski definition) is 3. The van der Waals surface area contributed by atoms with Gasteiger partial charge < -0.3 is 0 Å². The fourth-order valence-electron chi connectivity index (χ4n) is 2.96. The number of hydrogen-bond donors (Lipinski definition) is 0. The highest BCUT2D eigenvalue weighted by atomic mass is 32.2. The van der Waals surface area contributed by atoms with E-state index in [1.165, 1.54) is 22.9 Å². The number of carbonyl (C=O) groups excluding carboxylic acids is 1. The van der Waals surface area contributed by atoms with Gasteiger partial charge in [0.15, 0.2) is 4.32 Å². The predicted molar refractivity (Wildman–Crippen MR) is 117 cm³/mol. The first-order chi connectivity index (χ1) is 12.2. The first kappa shape index (κ1) is 18.9.